The van der Waals surface area contributed by atoms with Crippen molar-refractivity contribution in [1.29, 1.82) is 0 Å². The Bertz CT molecular complexity index is 1830. The summed E-state index contributed by atoms with van der Waals surface area (Å²) in [6, 6.07) is 17.6. The van der Waals surface area contributed by atoms with E-state index in [1.165, 1.54) is 32.0 Å². The van der Waals surface area contributed by atoms with Crippen molar-refractivity contribution in [3.05, 3.63) is 113 Å². The van der Waals surface area contributed by atoms with Gasteiger partial charge in [0.15, 0.2) is 17.3 Å². The van der Waals surface area contributed by atoms with Crippen molar-refractivity contribution >= 4 is 11.9 Å². The zero-order chi connectivity index (χ0) is 37.6. The molecule has 4 N–H and O–H groups in total. The van der Waals surface area contributed by atoms with Crippen LogP contribution >= 0.6 is 0 Å². The predicted octanol–water partition coefficient (Wildman–Crippen LogP) is 7.42. The number of aliphatic hydroxyl groups is 2. The average Bonchev–Trinajstić information content (AvgIpc) is 3.08. The van der Waals surface area contributed by atoms with Crippen molar-refractivity contribution in [3.8, 4) is 22.8 Å². The molecule has 272 valence electrons. The summed E-state index contributed by atoms with van der Waals surface area (Å²) in [5, 5.41) is 32.9. The number of rotatable bonds is 13. The first-order chi connectivity index (χ1) is 23.8. The van der Waals surface area contributed by atoms with Crippen LogP contribution in [0.3, 0.4) is 0 Å². The zero-order valence-electron chi connectivity index (χ0n) is 27.3. The molecule has 0 aliphatic heterocycles. The first kappa shape index (κ1) is 38.6. The van der Waals surface area contributed by atoms with Crippen LogP contribution in [-0.2, 0) is 28.7 Å². The van der Waals surface area contributed by atoms with Gasteiger partial charge in [-0.2, -0.15) is 26.3 Å². The Morgan fingerprint density at radius 3 is 2.12 bits per heavy atom. The molecular formula is C36H34F6N2O7. The summed E-state index contributed by atoms with van der Waals surface area (Å²) in [5.74, 6) is -1.47. The number of benzene rings is 3. The lowest BCUT2D eigenvalue weighted by molar-refractivity contribution is -0.270. The summed E-state index contributed by atoms with van der Waals surface area (Å²) in [5.41, 5.74) is -7.13. The van der Waals surface area contributed by atoms with Gasteiger partial charge in [-0.05, 0) is 73.9 Å². The number of phenols is 1. The van der Waals surface area contributed by atoms with Gasteiger partial charge in [0, 0.05) is 17.5 Å². The molecule has 0 radical (unpaired) electrons. The molecule has 0 aliphatic carbocycles. The van der Waals surface area contributed by atoms with Gasteiger partial charge in [0.25, 0.3) is 0 Å². The maximum atomic E-state index is 14.8. The van der Waals surface area contributed by atoms with Gasteiger partial charge in [0.2, 0.25) is 5.60 Å². The van der Waals surface area contributed by atoms with Crippen molar-refractivity contribution in [2.24, 2.45) is 0 Å². The first-order valence-corrected chi connectivity index (χ1v) is 15.4. The molecule has 1 atom stereocenters. The topological polar surface area (TPSA) is 138 Å². The summed E-state index contributed by atoms with van der Waals surface area (Å²) < 4.78 is 94.6. The molecular weight excluding hydrogens is 686 g/mol. The Labute approximate surface area is 288 Å². The molecule has 9 nitrogen and oxygen atoms in total. The van der Waals surface area contributed by atoms with E-state index >= 15 is 0 Å². The Kier molecular flexibility index (Phi) is 11.7. The average molecular weight is 721 g/mol. The Balaban J connectivity index is 1.71. The number of amides is 1. The van der Waals surface area contributed by atoms with Gasteiger partial charge in [0.05, 0.1) is 29.1 Å². The van der Waals surface area contributed by atoms with E-state index in [1.807, 2.05) is 0 Å². The van der Waals surface area contributed by atoms with Crippen LogP contribution in [0.5, 0.6) is 11.5 Å². The zero-order valence-corrected chi connectivity index (χ0v) is 27.3. The van der Waals surface area contributed by atoms with E-state index in [-0.39, 0.29) is 48.0 Å². The number of ketones is 1. The standard InChI is InChI=1S/C36H34F6N2O7/c1-33(2,44-32(48)51-21-22-6-4-3-5-7-22)26-19-27(23-8-11-25(12-9-23)35(37,38)39)43-31(20-26)34(49,36(40,41)42)15-14-28(46)24-10-13-30(29(47)18-24)50-17-16-45/h3-13,18-20,45,47,49H,14-17,21H2,1-2H3,(H,44,48). The van der Waals surface area contributed by atoms with Gasteiger partial charge in [-0.25, -0.2) is 9.78 Å². The van der Waals surface area contributed by atoms with Crippen LogP contribution in [0.1, 0.15) is 59.4 Å². The number of alkyl halides is 6. The lowest BCUT2D eigenvalue weighted by atomic mass is 9.86. The highest BCUT2D eigenvalue weighted by atomic mass is 19.4. The number of alkyl carbamates (subject to hydrolysis) is 1. The number of nitrogens with zero attached hydrogens (tertiary/aromatic N) is 1. The van der Waals surface area contributed by atoms with Gasteiger partial charge < -0.3 is 30.1 Å². The van der Waals surface area contributed by atoms with Crippen molar-refractivity contribution in [3.63, 3.8) is 0 Å². The predicted molar refractivity (Wildman–Crippen MR) is 172 cm³/mol. The van der Waals surface area contributed by atoms with E-state index in [9.17, 15) is 46.1 Å². The number of nitrogens with one attached hydrogen (secondary N) is 1. The fraction of sp³-hybridized carbons (Fsp3) is 0.306. The summed E-state index contributed by atoms with van der Waals surface area (Å²) in [6.45, 7) is 2.21. The van der Waals surface area contributed by atoms with Gasteiger partial charge in [-0.3, -0.25) is 4.79 Å². The van der Waals surface area contributed by atoms with E-state index in [0.29, 0.717) is 5.56 Å². The molecule has 0 spiro atoms. The number of aromatic nitrogens is 1. The number of aromatic hydroxyl groups is 1. The van der Waals surface area contributed by atoms with Crippen LogP contribution in [0.2, 0.25) is 0 Å². The highest BCUT2D eigenvalue weighted by molar-refractivity contribution is 5.96. The second-order valence-electron chi connectivity index (χ2n) is 12.0. The molecule has 1 heterocycles. The van der Waals surface area contributed by atoms with Crippen LogP contribution in [0.25, 0.3) is 11.3 Å². The molecule has 0 fully saturated rings. The lowest BCUT2D eigenvalue weighted by Crippen LogP contribution is -2.45. The summed E-state index contributed by atoms with van der Waals surface area (Å²) in [6.07, 6.45) is -13.2. The number of ether oxygens (including phenoxy) is 2. The highest BCUT2D eigenvalue weighted by Crippen LogP contribution is 2.44. The largest absolute Gasteiger partial charge is 0.504 e. The third kappa shape index (κ3) is 9.55. The lowest BCUT2D eigenvalue weighted by Gasteiger charge is -2.33. The summed E-state index contributed by atoms with van der Waals surface area (Å²) in [4.78, 5) is 29.8. The third-order valence-electron chi connectivity index (χ3n) is 7.92. The van der Waals surface area contributed by atoms with Crippen molar-refractivity contribution in [2.45, 2.75) is 56.8 Å². The van der Waals surface area contributed by atoms with Crippen LogP contribution in [0, 0.1) is 0 Å². The van der Waals surface area contributed by atoms with E-state index in [1.54, 1.807) is 30.3 Å². The van der Waals surface area contributed by atoms with Crippen molar-refractivity contribution in [1.82, 2.24) is 10.3 Å². The van der Waals surface area contributed by atoms with E-state index in [0.717, 1.165) is 36.4 Å². The minimum absolute atomic E-state index is 0.0311. The second-order valence-corrected chi connectivity index (χ2v) is 12.0. The number of hydrogen-bond acceptors (Lipinski definition) is 8. The number of pyridine rings is 1. The van der Waals surface area contributed by atoms with Crippen LogP contribution < -0.4 is 10.1 Å². The fourth-order valence-corrected chi connectivity index (χ4v) is 4.99. The smallest absolute Gasteiger partial charge is 0.422 e. The Hall–Kier alpha value is -5.15. The maximum Gasteiger partial charge on any atom is 0.422 e. The SMILES string of the molecule is CC(C)(NC(=O)OCc1ccccc1)c1cc(-c2ccc(C(F)(F)F)cc2)nc(C(O)(CCC(=O)c2ccc(OCCO)c(O)c2)C(F)(F)F)c1. The molecule has 1 aromatic heterocycles. The Morgan fingerprint density at radius 1 is 0.863 bits per heavy atom. The van der Waals surface area contributed by atoms with Crippen LogP contribution in [0.15, 0.2) is 84.9 Å². The molecule has 0 bridgehead atoms. The molecule has 1 unspecified atom stereocenters. The number of halogens is 6. The number of carbonyl (C=O) groups excluding carboxylic acids is 2. The minimum atomic E-state index is -5.42. The summed E-state index contributed by atoms with van der Waals surface area (Å²) in [7, 11) is 0. The molecule has 1 amide bonds. The van der Waals surface area contributed by atoms with Gasteiger partial charge in [-0.15, -0.1) is 0 Å². The van der Waals surface area contributed by atoms with E-state index in [4.69, 9.17) is 14.6 Å². The van der Waals surface area contributed by atoms with Crippen LogP contribution in [0.4, 0.5) is 31.1 Å². The van der Waals surface area contributed by atoms with Crippen molar-refractivity contribution < 1.29 is 60.7 Å². The number of hydrogen-bond donors (Lipinski definition) is 4. The molecule has 3 aromatic carbocycles. The quantitative estimate of drug-likeness (QED) is 0.0828. The number of carbonyl (C=O) groups is 2. The fourth-order valence-electron chi connectivity index (χ4n) is 4.99. The van der Waals surface area contributed by atoms with Crippen molar-refractivity contribution in [2.75, 3.05) is 13.2 Å². The molecule has 4 rings (SSSR count). The molecule has 0 saturated heterocycles. The van der Waals surface area contributed by atoms with Gasteiger partial charge >= 0.3 is 18.4 Å². The van der Waals surface area contributed by atoms with E-state index < -0.39 is 65.2 Å². The monoisotopic (exact) mass is 720 g/mol. The molecule has 4 aromatic rings. The number of aliphatic hydroxyl groups excluding tert-OH is 1. The van der Waals surface area contributed by atoms with E-state index in [2.05, 4.69) is 10.3 Å². The molecule has 51 heavy (non-hydrogen) atoms. The number of phenolic OH excluding ortho intramolecular Hbond substituents is 1. The van der Waals surface area contributed by atoms with Crippen LogP contribution in [-0.4, -0.2) is 51.6 Å². The Morgan fingerprint density at radius 2 is 1.53 bits per heavy atom. The van der Waals surface area contributed by atoms with Gasteiger partial charge in [-0.1, -0.05) is 42.5 Å². The third-order valence-corrected chi connectivity index (χ3v) is 7.92. The molecule has 15 heteroatoms. The molecule has 0 aliphatic rings. The van der Waals surface area contributed by atoms with Gasteiger partial charge in [0.1, 0.15) is 13.2 Å². The highest BCUT2D eigenvalue weighted by Gasteiger charge is 2.56. The first-order valence-electron chi connectivity index (χ1n) is 15.4. The number of Topliss-reactive ketones (excluding diaryl/α,β-unsaturated/α-hetero) is 1. The summed E-state index contributed by atoms with van der Waals surface area (Å²) >= 11 is 0. The maximum absolute atomic E-state index is 14.8. The second kappa shape index (κ2) is 15.4. The minimum Gasteiger partial charge on any atom is -0.504 e. The normalized spacial score (nSPS) is 13.3. The molecule has 0 saturated carbocycles.